The monoisotopic (exact) mass is 279 g/mol. The van der Waals surface area contributed by atoms with Crippen LogP contribution >= 0.6 is 0 Å². The second kappa shape index (κ2) is 5.47. The summed E-state index contributed by atoms with van der Waals surface area (Å²) >= 11 is 0. The summed E-state index contributed by atoms with van der Waals surface area (Å²) in [5.41, 5.74) is 2.57. The smallest absolute Gasteiger partial charge is 0.343 e. The molecule has 1 fully saturated rings. The molecule has 4 amide bonds. The molecule has 1 aromatic rings. The number of ether oxygens (including phenoxy) is 2. The Morgan fingerprint density at radius 3 is 2.25 bits per heavy atom. The van der Waals surface area contributed by atoms with E-state index in [4.69, 9.17) is 9.47 Å². The lowest BCUT2D eigenvalue weighted by Gasteiger charge is -2.15. The zero-order valence-electron chi connectivity index (χ0n) is 10.9. The second-order valence-electron chi connectivity index (χ2n) is 3.98. The number of hydrazine groups is 1. The van der Waals surface area contributed by atoms with Crippen LogP contribution in [0.1, 0.15) is 10.4 Å². The van der Waals surface area contributed by atoms with Gasteiger partial charge in [0.05, 0.1) is 14.2 Å². The Balaban J connectivity index is 2.16. The highest BCUT2D eigenvalue weighted by Gasteiger charge is 2.28. The summed E-state index contributed by atoms with van der Waals surface area (Å²) in [6, 6.07) is 3.93. The summed E-state index contributed by atoms with van der Waals surface area (Å²) < 4.78 is 10.1. The van der Waals surface area contributed by atoms with Crippen molar-refractivity contribution < 1.29 is 23.9 Å². The Bertz CT molecular complexity index is 550. The van der Waals surface area contributed by atoms with Crippen LogP contribution in [0.3, 0.4) is 0 Å². The Hall–Kier alpha value is -2.77. The number of carbonyl (C=O) groups is 3. The number of nitrogens with zero attached hydrogens (tertiary/aromatic N) is 1. The molecule has 1 aliphatic heterocycles. The summed E-state index contributed by atoms with van der Waals surface area (Å²) in [5, 5.41) is 2.95. The minimum Gasteiger partial charge on any atom is -0.497 e. The predicted molar refractivity (Wildman–Crippen MR) is 67.3 cm³/mol. The van der Waals surface area contributed by atoms with E-state index >= 15 is 0 Å². The first-order valence-corrected chi connectivity index (χ1v) is 5.69. The third-order valence-corrected chi connectivity index (χ3v) is 2.64. The van der Waals surface area contributed by atoms with E-state index in [0.717, 1.165) is 5.01 Å². The maximum Gasteiger partial charge on any atom is 0.343 e. The molecule has 106 valence electrons. The van der Waals surface area contributed by atoms with Crippen LogP contribution in [-0.4, -0.2) is 43.6 Å². The average molecular weight is 279 g/mol. The van der Waals surface area contributed by atoms with Crippen LogP contribution in [0, 0.1) is 0 Å². The molecule has 0 atom stereocenters. The third-order valence-electron chi connectivity index (χ3n) is 2.64. The first kappa shape index (κ1) is 13.7. The fourth-order valence-corrected chi connectivity index (χ4v) is 1.66. The van der Waals surface area contributed by atoms with Crippen LogP contribution in [0.5, 0.6) is 11.5 Å². The fourth-order valence-electron chi connectivity index (χ4n) is 1.66. The van der Waals surface area contributed by atoms with Crippen LogP contribution in [0.2, 0.25) is 0 Å². The summed E-state index contributed by atoms with van der Waals surface area (Å²) in [6.45, 7) is -0.217. The van der Waals surface area contributed by atoms with E-state index < -0.39 is 17.8 Å². The van der Waals surface area contributed by atoms with Crippen LogP contribution in [-0.2, 0) is 4.79 Å². The third kappa shape index (κ3) is 2.79. The molecule has 1 aromatic carbocycles. The highest BCUT2D eigenvalue weighted by Crippen LogP contribution is 2.22. The second-order valence-corrected chi connectivity index (χ2v) is 3.98. The van der Waals surface area contributed by atoms with E-state index in [1.807, 2.05) is 0 Å². The summed E-state index contributed by atoms with van der Waals surface area (Å²) in [4.78, 5) is 34.4. The van der Waals surface area contributed by atoms with Gasteiger partial charge in [0.2, 0.25) is 5.91 Å². The number of carbonyl (C=O) groups excluding carboxylic acids is 3. The van der Waals surface area contributed by atoms with E-state index in [0.29, 0.717) is 11.5 Å². The van der Waals surface area contributed by atoms with Gasteiger partial charge in [-0.2, -0.15) is 0 Å². The van der Waals surface area contributed by atoms with Gasteiger partial charge >= 0.3 is 6.03 Å². The molecule has 20 heavy (non-hydrogen) atoms. The van der Waals surface area contributed by atoms with Crippen LogP contribution in [0.25, 0.3) is 0 Å². The van der Waals surface area contributed by atoms with Crippen LogP contribution in [0.4, 0.5) is 4.79 Å². The van der Waals surface area contributed by atoms with Crippen molar-refractivity contribution in [3.8, 4) is 11.5 Å². The van der Waals surface area contributed by atoms with Crippen molar-refractivity contribution in [2.45, 2.75) is 0 Å². The lowest BCUT2D eigenvalue weighted by molar-refractivity contribution is -0.118. The quantitative estimate of drug-likeness (QED) is 0.750. The number of nitrogens with one attached hydrogen (secondary N) is 2. The Labute approximate surface area is 114 Å². The van der Waals surface area contributed by atoms with Gasteiger partial charge in [-0.05, 0) is 12.1 Å². The summed E-state index contributed by atoms with van der Waals surface area (Å²) in [6.07, 6.45) is 0. The summed E-state index contributed by atoms with van der Waals surface area (Å²) in [7, 11) is 2.92. The highest BCUT2D eigenvalue weighted by atomic mass is 16.5. The molecule has 0 aliphatic carbocycles. The topological polar surface area (TPSA) is 97.0 Å². The van der Waals surface area contributed by atoms with E-state index in [2.05, 4.69) is 10.7 Å². The minimum absolute atomic E-state index is 0.217. The van der Waals surface area contributed by atoms with E-state index in [9.17, 15) is 14.4 Å². The number of hydrogen-bond acceptors (Lipinski definition) is 5. The van der Waals surface area contributed by atoms with Crippen molar-refractivity contribution in [2.24, 2.45) is 0 Å². The van der Waals surface area contributed by atoms with Gasteiger partial charge in [-0.3, -0.25) is 20.3 Å². The molecule has 0 aromatic heterocycles. The molecule has 0 unspecified atom stereocenters. The van der Waals surface area contributed by atoms with Gasteiger partial charge in [0.1, 0.15) is 18.0 Å². The number of methoxy groups -OCH3 is 2. The van der Waals surface area contributed by atoms with Gasteiger partial charge in [-0.25, -0.2) is 9.80 Å². The van der Waals surface area contributed by atoms with Gasteiger partial charge < -0.3 is 9.47 Å². The maximum atomic E-state index is 12.0. The Morgan fingerprint density at radius 1 is 1.20 bits per heavy atom. The number of rotatable bonds is 4. The van der Waals surface area contributed by atoms with Gasteiger partial charge in [0, 0.05) is 11.6 Å². The van der Waals surface area contributed by atoms with Crippen molar-refractivity contribution in [2.75, 3.05) is 20.8 Å². The molecule has 1 heterocycles. The SMILES string of the molecule is COc1cc(OC)cc(C(=O)NN2CC(=O)NC2=O)c1. The number of hydrogen-bond donors (Lipinski definition) is 2. The van der Waals surface area contributed by atoms with Gasteiger partial charge in [0.25, 0.3) is 5.91 Å². The zero-order chi connectivity index (χ0) is 14.7. The molecular weight excluding hydrogens is 266 g/mol. The fraction of sp³-hybridized carbons (Fsp3) is 0.250. The molecular formula is C12H13N3O5. The molecule has 2 N–H and O–H groups in total. The standard InChI is InChI=1S/C12H13N3O5/c1-19-8-3-7(4-9(5-8)20-2)11(17)14-15-6-10(16)13-12(15)18/h3-5H,6H2,1-2H3,(H,14,17)(H,13,16,18). The minimum atomic E-state index is -0.668. The molecule has 0 spiro atoms. The van der Waals surface area contributed by atoms with Crippen molar-refractivity contribution in [3.63, 3.8) is 0 Å². The van der Waals surface area contributed by atoms with Gasteiger partial charge in [0.15, 0.2) is 0 Å². The van der Waals surface area contributed by atoms with E-state index in [-0.39, 0.29) is 12.1 Å². The number of benzene rings is 1. The molecule has 0 saturated carbocycles. The predicted octanol–water partition coefficient (Wildman–Crippen LogP) is -0.0996. The molecule has 1 saturated heterocycles. The molecule has 1 aliphatic rings. The van der Waals surface area contributed by atoms with Crippen molar-refractivity contribution in [1.29, 1.82) is 0 Å². The van der Waals surface area contributed by atoms with Crippen LogP contribution in [0.15, 0.2) is 18.2 Å². The van der Waals surface area contributed by atoms with Crippen molar-refractivity contribution >= 4 is 17.8 Å². The number of urea groups is 1. The highest BCUT2D eigenvalue weighted by molar-refractivity contribution is 6.04. The first-order valence-electron chi connectivity index (χ1n) is 5.69. The average Bonchev–Trinajstić information content (AvgIpc) is 2.76. The number of imide groups is 1. The normalized spacial score (nSPS) is 14.0. The zero-order valence-corrected chi connectivity index (χ0v) is 10.9. The van der Waals surface area contributed by atoms with E-state index in [1.54, 1.807) is 6.07 Å². The molecule has 0 radical (unpaired) electrons. The Kier molecular flexibility index (Phi) is 3.74. The van der Waals surface area contributed by atoms with Crippen molar-refractivity contribution in [3.05, 3.63) is 23.8 Å². The van der Waals surface area contributed by atoms with E-state index in [1.165, 1.54) is 26.4 Å². The van der Waals surface area contributed by atoms with Gasteiger partial charge in [-0.15, -0.1) is 0 Å². The Morgan fingerprint density at radius 2 is 1.80 bits per heavy atom. The molecule has 0 bridgehead atoms. The number of amides is 4. The maximum absolute atomic E-state index is 12.0. The van der Waals surface area contributed by atoms with Gasteiger partial charge in [-0.1, -0.05) is 0 Å². The van der Waals surface area contributed by atoms with Crippen LogP contribution < -0.4 is 20.2 Å². The summed E-state index contributed by atoms with van der Waals surface area (Å²) in [5.74, 6) is -0.140. The largest absolute Gasteiger partial charge is 0.497 e. The molecule has 2 rings (SSSR count). The lowest BCUT2D eigenvalue weighted by atomic mass is 10.2. The van der Waals surface area contributed by atoms with Crippen molar-refractivity contribution in [1.82, 2.24) is 15.8 Å². The molecule has 8 heteroatoms. The molecule has 8 nitrogen and oxygen atoms in total. The first-order chi connectivity index (χ1) is 9.53. The lowest BCUT2D eigenvalue weighted by Crippen LogP contribution is -2.44.